The summed E-state index contributed by atoms with van der Waals surface area (Å²) in [5.41, 5.74) is 3.07. The topological polar surface area (TPSA) is 84.4 Å². The summed E-state index contributed by atoms with van der Waals surface area (Å²) in [5, 5.41) is 14.6. The number of benzene rings is 3. The molecule has 154 valence electrons. The zero-order valence-corrected chi connectivity index (χ0v) is 16.4. The lowest BCUT2D eigenvalue weighted by Gasteiger charge is -2.09. The van der Waals surface area contributed by atoms with Crippen molar-refractivity contribution in [2.75, 3.05) is 6.61 Å². The van der Waals surface area contributed by atoms with Gasteiger partial charge < -0.3 is 14.7 Å². The lowest BCUT2D eigenvalue weighted by Crippen LogP contribution is -2.11. The molecule has 0 saturated carbocycles. The van der Waals surface area contributed by atoms with E-state index >= 15 is 0 Å². The summed E-state index contributed by atoms with van der Waals surface area (Å²) in [5.74, 6) is 0.630. The second-order valence-electron chi connectivity index (χ2n) is 7.48. The van der Waals surface area contributed by atoms with Gasteiger partial charge in [-0.3, -0.25) is 0 Å². The minimum Gasteiger partial charge on any atom is -0.487 e. The van der Waals surface area contributed by atoms with E-state index in [1.807, 2.05) is 13.0 Å². The van der Waals surface area contributed by atoms with Gasteiger partial charge in [-0.25, -0.2) is 13.5 Å². The molecule has 6 aromatic rings. The van der Waals surface area contributed by atoms with Crippen LogP contribution in [-0.4, -0.2) is 36.8 Å². The van der Waals surface area contributed by atoms with E-state index in [2.05, 4.69) is 25.5 Å². The van der Waals surface area contributed by atoms with Crippen molar-refractivity contribution in [3.8, 4) is 5.75 Å². The number of H-pyrrole nitrogens is 2. The molecular formula is C22H16F2N6O. The van der Waals surface area contributed by atoms with Crippen LogP contribution in [0.5, 0.6) is 5.75 Å². The molecule has 3 aromatic carbocycles. The number of fused-ring (bicyclic) bond motifs is 6. The summed E-state index contributed by atoms with van der Waals surface area (Å²) < 4.78 is 35.8. The van der Waals surface area contributed by atoms with Crippen molar-refractivity contribution in [3.05, 3.63) is 59.9 Å². The molecule has 31 heavy (non-hydrogen) atoms. The highest BCUT2D eigenvalue weighted by atomic mass is 19.1. The molecule has 0 radical (unpaired) electrons. The van der Waals surface area contributed by atoms with Gasteiger partial charge in [0.25, 0.3) is 0 Å². The average Bonchev–Trinajstić information content (AvgIpc) is 3.43. The molecule has 0 atom stereocenters. The van der Waals surface area contributed by atoms with Crippen LogP contribution in [0.2, 0.25) is 0 Å². The first-order chi connectivity index (χ1) is 15.1. The van der Waals surface area contributed by atoms with Crippen molar-refractivity contribution in [1.29, 1.82) is 0 Å². The Labute approximate surface area is 173 Å². The Kier molecular flexibility index (Phi) is 3.73. The third-order valence-electron chi connectivity index (χ3n) is 5.60. The highest BCUT2D eigenvalue weighted by Crippen LogP contribution is 2.41. The number of rotatable bonds is 4. The van der Waals surface area contributed by atoms with Gasteiger partial charge >= 0.3 is 0 Å². The monoisotopic (exact) mass is 418 g/mol. The van der Waals surface area contributed by atoms with Gasteiger partial charge in [0.2, 0.25) is 0 Å². The van der Waals surface area contributed by atoms with Crippen molar-refractivity contribution in [1.82, 2.24) is 30.2 Å². The average molecular weight is 418 g/mol. The zero-order chi connectivity index (χ0) is 21.1. The summed E-state index contributed by atoms with van der Waals surface area (Å²) in [4.78, 5) is 6.69. The number of hydrogen-bond donors (Lipinski definition) is 2. The molecule has 0 aliphatic rings. The van der Waals surface area contributed by atoms with Gasteiger partial charge in [0, 0.05) is 32.6 Å². The van der Waals surface area contributed by atoms with Gasteiger partial charge in [-0.1, -0.05) is 0 Å². The first-order valence-corrected chi connectivity index (χ1v) is 9.79. The van der Waals surface area contributed by atoms with E-state index in [-0.39, 0.29) is 11.6 Å². The van der Waals surface area contributed by atoms with Crippen LogP contribution < -0.4 is 4.74 Å². The van der Waals surface area contributed by atoms with Gasteiger partial charge in [-0.15, -0.1) is 5.10 Å². The molecule has 9 heteroatoms. The molecule has 3 aromatic heterocycles. The van der Waals surface area contributed by atoms with Crippen LogP contribution in [0.15, 0.2) is 42.5 Å². The third kappa shape index (κ3) is 2.73. The van der Waals surface area contributed by atoms with E-state index in [1.165, 1.54) is 24.3 Å². The number of aryl methyl sites for hydroxylation is 1. The summed E-state index contributed by atoms with van der Waals surface area (Å²) in [6, 6.07) is 11.1. The Balaban J connectivity index is 1.59. The molecule has 0 spiro atoms. The number of hydrogen-bond acceptors (Lipinski definition) is 4. The number of tetrazole rings is 1. The van der Waals surface area contributed by atoms with Crippen LogP contribution in [-0.2, 0) is 6.54 Å². The fourth-order valence-electron chi connectivity index (χ4n) is 4.13. The predicted octanol–water partition coefficient (Wildman–Crippen LogP) is 4.61. The maximum absolute atomic E-state index is 14.0. The first kappa shape index (κ1) is 17.8. The standard InChI is InChI=1S/C22H16F2N6O/c1-11-27-28-29-30(11)6-7-31-22-20-16(14-8-12(23)2-4-18(14)25-20)10-17-15-9-13(24)3-5-19(15)26-21(17)22/h2-5,8-10,25-26H,6-7H2,1H3. The van der Waals surface area contributed by atoms with Gasteiger partial charge in [0.1, 0.15) is 24.1 Å². The third-order valence-corrected chi connectivity index (χ3v) is 5.60. The number of nitrogens with zero attached hydrogens (tertiary/aromatic N) is 4. The Morgan fingerprint density at radius 1 is 0.871 bits per heavy atom. The fraction of sp³-hybridized carbons (Fsp3) is 0.136. The number of aromatic amines is 2. The summed E-state index contributed by atoms with van der Waals surface area (Å²) in [6.45, 7) is 2.59. The highest BCUT2D eigenvalue weighted by molar-refractivity contribution is 6.20. The van der Waals surface area contributed by atoms with Crippen LogP contribution in [0.25, 0.3) is 43.6 Å². The van der Waals surface area contributed by atoms with Crippen LogP contribution >= 0.6 is 0 Å². The number of nitrogens with one attached hydrogen (secondary N) is 2. The molecular weight excluding hydrogens is 402 g/mol. The number of aromatic nitrogens is 6. The normalized spacial score (nSPS) is 12.0. The van der Waals surface area contributed by atoms with E-state index < -0.39 is 0 Å². The molecule has 6 rings (SSSR count). The Hall–Kier alpha value is -4.01. The number of ether oxygens (including phenoxy) is 1. The van der Waals surface area contributed by atoms with Crippen LogP contribution in [0.4, 0.5) is 8.78 Å². The van der Waals surface area contributed by atoms with Crippen molar-refractivity contribution in [3.63, 3.8) is 0 Å². The first-order valence-electron chi connectivity index (χ1n) is 9.79. The maximum Gasteiger partial charge on any atom is 0.167 e. The quantitative estimate of drug-likeness (QED) is 0.438. The maximum atomic E-state index is 14.0. The summed E-state index contributed by atoms with van der Waals surface area (Å²) >= 11 is 0. The summed E-state index contributed by atoms with van der Waals surface area (Å²) in [6.07, 6.45) is 0. The van der Waals surface area contributed by atoms with Crippen LogP contribution in [0, 0.1) is 18.6 Å². The van der Waals surface area contributed by atoms with Crippen molar-refractivity contribution >= 4 is 43.6 Å². The van der Waals surface area contributed by atoms with E-state index in [9.17, 15) is 8.78 Å². The molecule has 3 heterocycles. The smallest absolute Gasteiger partial charge is 0.167 e. The molecule has 0 amide bonds. The van der Waals surface area contributed by atoms with E-state index in [0.717, 1.165) is 43.6 Å². The molecule has 0 bridgehead atoms. The van der Waals surface area contributed by atoms with Gasteiger partial charge in [0.15, 0.2) is 5.75 Å². The summed E-state index contributed by atoms with van der Waals surface area (Å²) in [7, 11) is 0. The Bertz CT molecular complexity index is 1520. The molecule has 0 unspecified atom stereocenters. The molecule has 0 saturated heterocycles. The largest absolute Gasteiger partial charge is 0.487 e. The minimum absolute atomic E-state index is 0.313. The fourth-order valence-corrected chi connectivity index (χ4v) is 4.13. The van der Waals surface area contributed by atoms with Crippen molar-refractivity contribution < 1.29 is 13.5 Å². The van der Waals surface area contributed by atoms with Gasteiger partial charge in [-0.2, -0.15) is 0 Å². The van der Waals surface area contributed by atoms with Crippen LogP contribution in [0.1, 0.15) is 5.82 Å². The van der Waals surface area contributed by atoms with Gasteiger partial charge in [0.05, 0.1) is 17.6 Å². The Morgan fingerprint density at radius 2 is 1.48 bits per heavy atom. The Morgan fingerprint density at radius 3 is 2.03 bits per heavy atom. The predicted molar refractivity (Wildman–Crippen MR) is 113 cm³/mol. The van der Waals surface area contributed by atoms with Gasteiger partial charge in [-0.05, 0) is 59.8 Å². The van der Waals surface area contributed by atoms with E-state index in [4.69, 9.17) is 4.74 Å². The van der Waals surface area contributed by atoms with E-state index in [0.29, 0.717) is 24.7 Å². The van der Waals surface area contributed by atoms with Crippen molar-refractivity contribution in [2.24, 2.45) is 0 Å². The minimum atomic E-state index is -0.324. The SMILES string of the molecule is Cc1nnnn1CCOc1c2[nH]c3ccc(F)cc3c2cc2c1[nH]c1ccc(F)cc12. The highest BCUT2D eigenvalue weighted by Gasteiger charge is 2.18. The molecule has 0 aliphatic carbocycles. The number of halogens is 2. The molecule has 0 aliphatic heterocycles. The zero-order valence-electron chi connectivity index (χ0n) is 16.4. The molecule has 0 fully saturated rings. The van der Waals surface area contributed by atoms with Crippen LogP contribution in [0.3, 0.4) is 0 Å². The molecule has 7 nitrogen and oxygen atoms in total. The van der Waals surface area contributed by atoms with E-state index in [1.54, 1.807) is 16.8 Å². The molecule has 2 N–H and O–H groups in total. The second kappa shape index (κ2) is 6.49. The second-order valence-corrected chi connectivity index (χ2v) is 7.48. The lowest BCUT2D eigenvalue weighted by atomic mass is 10.1. The lowest BCUT2D eigenvalue weighted by molar-refractivity contribution is 0.293. The van der Waals surface area contributed by atoms with Crippen molar-refractivity contribution in [2.45, 2.75) is 13.5 Å².